The summed E-state index contributed by atoms with van der Waals surface area (Å²) >= 11 is 0. The summed E-state index contributed by atoms with van der Waals surface area (Å²) in [4.78, 5) is 14.3. The number of rotatable bonds is 5. The zero-order valence-corrected chi connectivity index (χ0v) is 15.4. The summed E-state index contributed by atoms with van der Waals surface area (Å²) in [5, 5.41) is 2.86. The topological polar surface area (TPSA) is 78.5 Å². The molecule has 1 saturated heterocycles. The first-order chi connectivity index (χ1) is 10.8. The summed E-state index contributed by atoms with van der Waals surface area (Å²) in [6, 6.07) is 0.286. The number of likely N-dealkylation sites (tertiary alicyclic amines) is 1. The Morgan fingerprint density at radius 1 is 1.13 bits per heavy atom. The van der Waals surface area contributed by atoms with Crippen LogP contribution in [-0.4, -0.2) is 57.2 Å². The molecular formula is C16H31N3O3S. The Hall–Kier alpha value is -0.660. The molecule has 23 heavy (non-hydrogen) atoms. The van der Waals surface area contributed by atoms with Crippen LogP contribution in [0.1, 0.15) is 46.0 Å². The summed E-state index contributed by atoms with van der Waals surface area (Å²) in [7, 11) is -1.73. The van der Waals surface area contributed by atoms with Gasteiger partial charge in [-0.3, -0.25) is 9.69 Å². The van der Waals surface area contributed by atoms with Crippen molar-refractivity contribution in [1.82, 2.24) is 14.9 Å². The summed E-state index contributed by atoms with van der Waals surface area (Å²) in [6.45, 7) is 6.19. The van der Waals surface area contributed by atoms with Crippen LogP contribution in [0.4, 0.5) is 0 Å². The van der Waals surface area contributed by atoms with E-state index in [1.807, 2.05) is 0 Å². The molecule has 0 spiro atoms. The third kappa shape index (κ3) is 4.90. The van der Waals surface area contributed by atoms with Crippen molar-refractivity contribution in [3.8, 4) is 0 Å². The molecule has 0 aromatic rings. The predicted molar refractivity (Wildman–Crippen MR) is 91.6 cm³/mol. The number of carbonyl (C=O) groups excluding carboxylic acids is 1. The van der Waals surface area contributed by atoms with E-state index in [9.17, 15) is 13.2 Å². The molecule has 2 fully saturated rings. The summed E-state index contributed by atoms with van der Waals surface area (Å²) < 4.78 is 26.0. The number of amides is 1. The van der Waals surface area contributed by atoms with Crippen LogP contribution in [0.25, 0.3) is 0 Å². The first-order valence-electron chi connectivity index (χ1n) is 8.77. The minimum atomic E-state index is -3.19. The van der Waals surface area contributed by atoms with Gasteiger partial charge >= 0.3 is 0 Å². The monoisotopic (exact) mass is 345 g/mol. The fourth-order valence-corrected chi connectivity index (χ4v) is 4.95. The van der Waals surface area contributed by atoms with Crippen molar-refractivity contribution in [3.05, 3.63) is 0 Å². The van der Waals surface area contributed by atoms with E-state index in [-0.39, 0.29) is 17.2 Å². The molecule has 0 unspecified atom stereocenters. The average Bonchev–Trinajstić information content (AvgIpc) is 2.52. The molecule has 1 saturated carbocycles. The number of nitrogens with zero attached hydrogens (tertiary/aromatic N) is 1. The molecule has 0 radical (unpaired) electrons. The van der Waals surface area contributed by atoms with E-state index in [2.05, 4.69) is 28.8 Å². The molecule has 2 aliphatic rings. The van der Waals surface area contributed by atoms with Crippen LogP contribution in [0.2, 0.25) is 0 Å². The number of hydrogen-bond donors (Lipinski definition) is 2. The van der Waals surface area contributed by atoms with Gasteiger partial charge < -0.3 is 5.32 Å². The highest BCUT2D eigenvalue weighted by Gasteiger charge is 2.31. The quantitative estimate of drug-likeness (QED) is 0.777. The van der Waals surface area contributed by atoms with Crippen LogP contribution in [0.15, 0.2) is 0 Å². The second-order valence-electron chi connectivity index (χ2n) is 7.17. The van der Waals surface area contributed by atoms with Gasteiger partial charge in [-0.25, -0.2) is 13.1 Å². The van der Waals surface area contributed by atoms with Crippen LogP contribution in [-0.2, 0) is 14.8 Å². The van der Waals surface area contributed by atoms with Crippen LogP contribution in [0.3, 0.4) is 0 Å². The molecule has 1 aliphatic heterocycles. The van der Waals surface area contributed by atoms with Gasteiger partial charge in [0.1, 0.15) is 0 Å². The smallest absolute Gasteiger partial charge is 0.234 e. The molecule has 0 aromatic heterocycles. The Bertz CT molecular complexity index is 501. The molecule has 3 atom stereocenters. The van der Waals surface area contributed by atoms with Crippen molar-refractivity contribution in [2.45, 2.75) is 57.2 Å². The lowest BCUT2D eigenvalue weighted by Crippen LogP contribution is -2.49. The van der Waals surface area contributed by atoms with Crippen LogP contribution >= 0.6 is 0 Å². The van der Waals surface area contributed by atoms with Gasteiger partial charge in [0.05, 0.1) is 11.8 Å². The second-order valence-corrected chi connectivity index (χ2v) is 9.33. The standard InChI is InChI=1S/C16H31N3O3S/c1-12-5-4-6-15(13(12)2)18-16(20)11-19-9-7-14(8-10-19)23(21,22)17-3/h12-15,17H,4-11H2,1-3H3,(H,18,20)/t12-,13+,15+/m0/s1. The van der Waals surface area contributed by atoms with Crippen LogP contribution < -0.4 is 10.0 Å². The number of piperidine rings is 1. The normalized spacial score (nSPS) is 31.0. The predicted octanol–water partition coefficient (Wildman–Crippen LogP) is 0.941. The minimum absolute atomic E-state index is 0.0749. The van der Waals surface area contributed by atoms with Gasteiger partial charge in [0.15, 0.2) is 0 Å². The van der Waals surface area contributed by atoms with E-state index in [1.165, 1.54) is 19.9 Å². The van der Waals surface area contributed by atoms with E-state index in [0.717, 1.165) is 6.42 Å². The van der Waals surface area contributed by atoms with E-state index < -0.39 is 10.0 Å². The van der Waals surface area contributed by atoms with E-state index in [1.54, 1.807) is 0 Å². The molecule has 1 heterocycles. The maximum Gasteiger partial charge on any atom is 0.234 e. The van der Waals surface area contributed by atoms with Gasteiger partial charge in [-0.05, 0) is 51.2 Å². The van der Waals surface area contributed by atoms with Gasteiger partial charge in [0.2, 0.25) is 15.9 Å². The van der Waals surface area contributed by atoms with Crippen molar-refractivity contribution in [3.63, 3.8) is 0 Å². The first-order valence-corrected chi connectivity index (χ1v) is 10.3. The molecule has 1 amide bonds. The van der Waals surface area contributed by atoms with E-state index in [4.69, 9.17) is 0 Å². The fraction of sp³-hybridized carbons (Fsp3) is 0.938. The molecule has 1 aliphatic carbocycles. The fourth-order valence-electron chi connectivity index (χ4n) is 3.79. The number of sulfonamides is 1. The van der Waals surface area contributed by atoms with Crippen molar-refractivity contribution in [2.24, 2.45) is 11.8 Å². The molecule has 0 bridgehead atoms. The Morgan fingerprint density at radius 3 is 2.39 bits per heavy atom. The molecule has 6 nitrogen and oxygen atoms in total. The average molecular weight is 346 g/mol. The zero-order valence-electron chi connectivity index (χ0n) is 14.5. The third-order valence-electron chi connectivity index (χ3n) is 5.68. The molecule has 2 N–H and O–H groups in total. The molecular weight excluding hydrogens is 314 g/mol. The van der Waals surface area contributed by atoms with Gasteiger partial charge in [-0.1, -0.05) is 26.7 Å². The lowest BCUT2D eigenvalue weighted by atomic mass is 9.78. The van der Waals surface area contributed by atoms with E-state index in [0.29, 0.717) is 44.3 Å². The zero-order chi connectivity index (χ0) is 17.0. The summed E-state index contributed by atoms with van der Waals surface area (Å²) in [5.41, 5.74) is 0. The largest absolute Gasteiger partial charge is 0.352 e. The minimum Gasteiger partial charge on any atom is -0.352 e. The SMILES string of the molecule is CNS(=O)(=O)C1CCN(CC(=O)N[C@@H]2CCC[C@H](C)[C@H]2C)CC1. The molecule has 2 rings (SSSR count). The van der Waals surface area contributed by atoms with Gasteiger partial charge in [-0.15, -0.1) is 0 Å². The Balaban J connectivity index is 1.77. The van der Waals surface area contributed by atoms with Gasteiger partial charge in [-0.2, -0.15) is 0 Å². The van der Waals surface area contributed by atoms with Gasteiger partial charge in [0.25, 0.3) is 0 Å². The van der Waals surface area contributed by atoms with Crippen molar-refractivity contribution in [2.75, 3.05) is 26.7 Å². The first kappa shape index (κ1) is 18.7. The number of nitrogens with one attached hydrogen (secondary N) is 2. The summed E-state index contributed by atoms with van der Waals surface area (Å²) in [5.74, 6) is 1.27. The third-order valence-corrected chi connectivity index (χ3v) is 7.60. The van der Waals surface area contributed by atoms with Crippen molar-refractivity contribution >= 4 is 15.9 Å². The number of carbonyl (C=O) groups is 1. The lowest BCUT2D eigenvalue weighted by Gasteiger charge is -2.36. The summed E-state index contributed by atoms with van der Waals surface area (Å²) in [6.07, 6.45) is 4.69. The van der Waals surface area contributed by atoms with Crippen molar-refractivity contribution < 1.29 is 13.2 Å². The highest BCUT2D eigenvalue weighted by molar-refractivity contribution is 7.90. The van der Waals surface area contributed by atoms with Crippen LogP contribution in [0.5, 0.6) is 0 Å². The Kier molecular flexibility index (Phi) is 6.45. The molecule has 0 aromatic carbocycles. The lowest BCUT2D eigenvalue weighted by molar-refractivity contribution is -0.123. The maximum atomic E-state index is 12.3. The second kappa shape index (κ2) is 7.94. The van der Waals surface area contributed by atoms with Gasteiger partial charge in [0, 0.05) is 6.04 Å². The van der Waals surface area contributed by atoms with Crippen molar-refractivity contribution in [1.29, 1.82) is 0 Å². The Morgan fingerprint density at radius 2 is 1.78 bits per heavy atom. The Labute approximate surface area is 140 Å². The molecule has 134 valence electrons. The highest BCUT2D eigenvalue weighted by atomic mass is 32.2. The maximum absolute atomic E-state index is 12.3. The van der Waals surface area contributed by atoms with E-state index >= 15 is 0 Å². The number of hydrogen-bond acceptors (Lipinski definition) is 4. The highest BCUT2D eigenvalue weighted by Crippen LogP contribution is 2.29. The van der Waals surface area contributed by atoms with Crippen LogP contribution in [0, 0.1) is 11.8 Å². The molecule has 7 heteroatoms.